The average Bonchev–Trinajstić information content (AvgIpc) is 3.34. The maximum absolute atomic E-state index is 15.0. The molecule has 14 heteroatoms. The molecule has 0 radical (unpaired) electrons. The zero-order chi connectivity index (χ0) is 26.3. The molecule has 7 nitrogen and oxygen atoms in total. The fourth-order valence-electron chi connectivity index (χ4n) is 4.04. The van der Waals surface area contributed by atoms with Crippen molar-refractivity contribution in [1.82, 2.24) is 20.6 Å². The number of tetrazole rings is 1. The quantitative estimate of drug-likeness (QED) is 0.475. The summed E-state index contributed by atoms with van der Waals surface area (Å²) in [6.45, 7) is 0. The van der Waals surface area contributed by atoms with E-state index in [9.17, 15) is 35.5 Å². The van der Waals surface area contributed by atoms with Crippen molar-refractivity contribution >= 4 is 17.3 Å². The number of benzene rings is 2. The van der Waals surface area contributed by atoms with E-state index in [0.29, 0.717) is 17.7 Å². The highest BCUT2D eigenvalue weighted by atomic mass is 19.4. The summed E-state index contributed by atoms with van der Waals surface area (Å²) in [7, 11) is 0. The Hall–Kier alpha value is -4.23. The third-order valence-corrected chi connectivity index (χ3v) is 5.67. The van der Waals surface area contributed by atoms with Gasteiger partial charge in [0.1, 0.15) is 5.82 Å². The number of carbonyl (C=O) groups is 1. The Bertz CT molecular complexity index is 1330. The fraction of sp³-hybridized carbons (Fsp3) is 0.182. The zero-order valence-electron chi connectivity index (χ0n) is 17.9. The van der Waals surface area contributed by atoms with Crippen LogP contribution in [0.15, 0.2) is 66.4 Å². The maximum Gasteiger partial charge on any atom is 0.419 e. The lowest BCUT2D eigenvalue weighted by molar-refractivity contribution is -0.180. The molecule has 1 aliphatic carbocycles. The molecule has 0 bridgehead atoms. The van der Waals surface area contributed by atoms with Gasteiger partial charge in [-0.05, 0) is 35.4 Å². The van der Waals surface area contributed by atoms with Crippen LogP contribution in [0.2, 0.25) is 0 Å². The number of rotatable bonds is 4. The second-order valence-corrected chi connectivity index (χ2v) is 7.76. The second kappa shape index (κ2) is 8.77. The molecule has 36 heavy (non-hydrogen) atoms. The number of nitrogens with zero attached hydrogens (tertiary/aromatic N) is 4. The van der Waals surface area contributed by atoms with Crippen molar-refractivity contribution in [2.24, 2.45) is 5.73 Å². The molecule has 1 aliphatic rings. The van der Waals surface area contributed by atoms with Crippen LogP contribution >= 0.6 is 0 Å². The summed E-state index contributed by atoms with van der Waals surface area (Å²) in [5.41, 5.74) is -0.621. The van der Waals surface area contributed by atoms with Crippen LogP contribution in [-0.2, 0) is 11.6 Å². The Kier molecular flexibility index (Phi) is 6.06. The molecular weight excluding hydrogens is 497 g/mol. The van der Waals surface area contributed by atoms with E-state index in [2.05, 4.69) is 15.4 Å². The van der Waals surface area contributed by atoms with Gasteiger partial charge in [0.2, 0.25) is 0 Å². The molecule has 2 aromatic carbocycles. The van der Waals surface area contributed by atoms with E-state index >= 15 is 0 Å². The number of urea groups is 1. The van der Waals surface area contributed by atoms with Crippen LogP contribution in [0, 0.1) is 5.82 Å². The number of H-pyrrole nitrogens is 1. The molecule has 2 amide bonds. The van der Waals surface area contributed by atoms with Gasteiger partial charge in [0, 0.05) is 6.42 Å². The molecule has 188 valence electrons. The Morgan fingerprint density at radius 1 is 1.03 bits per heavy atom. The summed E-state index contributed by atoms with van der Waals surface area (Å²) in [5.74, 6) is -2.58. The molecule has 1 atom stereocenters. The first-order chi connectivity index (χ1) is 16.9. The van der Waals surface area contributed by atoms with Crippen LogP contribution in [0.3, 0.4) is 0 Å². The van der Waals surface area contributed by atoms with Gasteiger partial charge in [-0.2, -0.15) is 31.6 Å². The van der Waals surface area contributed by atoms with Crippen molar-refractivity contribution in [2.45, 2.75) is 24.2 Å². The van der Waals surface area contributed by atoms with Gasteiger partial charge in [-0.3, -0.25) is 4.90 Å². The number of carbonyl (C=O) groups excluding carboxylic acids is 1. The summed E-state index contributed by atoms with van der Waals surface area (Å²) >= 11 is 0. The number of nitrogens with two attached hydrogens (primary N) is 1. The number of halogens is 7. The van der Waals surface area contributed by atoms with Crippen LogP contribution in [0.25, 0.3) is 5.57 Å². The lowest BCUT2D eigenvalue weighted by Gasteiger charge is -2.41. The standard InChI is InChI=1S/C22H15F7N6O/c23-16-8-7-14(10-15(16)21(24,25)26)35(19(30)36)17-9-6-13(12-4-2-1-3-5-12)11-20(17,22(27,28)29)18-31-33-34-32-18/h1-10H,11H2,(H2,30,36)(H,31,32,33,34). The van der Waals surface area contributed by atoms with E-state index in [4.69, 9.17) is 5.73 Å². The maximum atomic E-state index is 15.0. The minimum atomic E-state index is -5.20. The zero-order valence-corrected chi connectivity index (χ0v) is 17.9. The number of alkyl halides is 6. The summed E-state index contributed by atoms with van der Waals surface area (Å²) in [6.07, 6.45) is -9.06. The smallest absolute Gasteiger partial charge is 0.351 e. The molecule has 0 spiro atoms. The van der Waals surface area contributed by atoms with E-state index in [1.165, 1.54) is 6.08 Å². The number of aromatic nitrogens is 4. The third kappa shape index (κ3) is 4.18. The normalized spacial score (nSPS) is 18.4. The van der Waals surface area contributed by atoms with Crippen LogP contribution in [-0.4, -0.2) is 32.8 Å². The SMILES string of the molecule is NC(=O)N(C1=CC=C(c2ccccc2)CC1(c1nn[nH]n1)C(F)(F)F)c1ccc(F)c(C(F)(F)F)c1. The molecule has 0 aliphatic heterocycles. The van der Waals surface area contributed by atoms with Crippen molar-refractivity contribution in [2.75, 3.05) is 4.90 Å². The van der Waals surface area contributed by atoms with E-state index in [1.54, 1.807) is 30.3 Å². The van der Waals surface area contributed by atoms with Gasteiger partial charge in [-0.1, -0.05) is 41.6 Å². The van der Waals surface area contributed by atoms with E-state index in [-0.39, 0.29) is 16.5 Å². The highest BCUT2D eigenvalue weighted by molar-refractivity contribution is 5.95. The van der Waals surface area contributed by atoms with Crippen molar-refractivity contribution in [3.63, 3.8) is 0 Å². The predicted octanol–water partition coefficient (Wildman–Crippen LogP) is 5.11. The first-order valence-electron chi connectivity index (χ1n) is 10.1. The largest absolute Gasteiger partial charge is 0.419 e. The van der Waals surface area contributed by atoms with Crippen molar-refractivity contribution in [3.05, 3.63) is 89.1 Å². The Morgan fingerprint density at radius 2 is 1.72 bits per heavy atom. The molecule has 3 aromatic rings. The summed E-state index contributed by atoms with van der Waals surface area (Å²) in [4.78, 5) is 12.7. The van der Waals surface area contributed by atoms with Gasteiger partial charge >= 0.3 is 18.4 Å². The highest BCUT2D eigenvalue weighted by Gasteiger charge is 2.64. The van der Waals surface area contributed by atoms with Crippen LogP contribution in [0.1, 0.15) is 23.4 Å². The molecule has 1 heterocycles. The Labute approximate surface area is 198 Å². The molecule has 3 N–H and O–H groups in total. The van der Waals surface area contributed by atoms with E-state index in [1.807, 2.05) is 5.21 Å². The molecular formula is C22H15F7N6O. The predicted molar refractivity (Wildman–Crippen MR) is 112 cm³/mol. The first kappa shape index (κ1) is 24.9. The monoisotopic (exact) mass is 512 g/mol. The van der Waals surface area contributed by atoms with E-state index < -0.39 is 58.8 Å². The van der Waals surface area contributed by atoms with Gasteiger partial charge in [0.25, 0.3) is 0 Å². The topological polar surface area (TPSA) is 101 Å². The summed E-state index contributed by atoms with van der Waals surface area (Å²) < 4.78 is 98.8. The number of aromatic amines is 1. The molecule has 0 fully saturated rings. The van der Waals surface area contributed by atoms with Gasteiger partial charge in [-0.15, -0.1) is 10.2 Å². The minimum absolute atomic E-state index is 0.168. The lowest BCUT2D eigenvalue weighted by atomic mass is 9.72. The minimum Gasteiger partial charge on any atom is -0.351 e. The Morgan fingerprint density at radius 3 is 2.28 bits per heavy atom. The Balaban J connectivity index is 2.01. The van der Waals surface area contributed by atoms with Crippen molar-refractivity contribution < 1.29 is 35.5 Å². The molecule has 4 rings (SSSR count). The van der Waals surface area contributed by atoms with Crippen LogP contribution in [0.5, 0.6) is 0 Å². The van der Waals surface area contributed by atoms with Crippen molar-refractivity contribution in [1.29, 1.82) is 0 Å². The molecule has 1 unspecified atom stereocenters. The number of primary amides is 1. The number of amides is 2. The van der Waals surface area contributed by atoms with Crippen LogP contribution in [0.4, 0.5) is 41.2 Å². The molecule has 1 aromatic heterocycles. The number of nitrogens with one attached hydrogen (secondary N) is 1. The van der Waals surface area contributed by atoms with Crippen molar-refractivity contribution in [3.8, 4) is 0 Å². The number of hydrogen-bond acceptors (Lipinski definition) is 4. The highest BCUT2D eigenvalue weighted by Crippen LogP contribution is 2.54. The number of hydrogen-bond donors (Lipinski definition) is 2. The molecule has 0 saturated heterocycles. The first-order valence-corrected chi connectivity index (χ1v) is 10.1. The van der Waals surface area contributed by atoms with Gasteiger partial charge in [-0.25, -0.2) is 9.18 Å². The fourth-order valence-corrected chi connectivity index (χ4v) is 4.04. The van der Waals surface area contributed by atoms with E-state index in [0.717, 1.165) is 6.08 Å². The third-order valence-electron chi connectivity index (χ3n) is 5.67. The average molecular weight is 512 g/mol. The van der Waals surface area contributed by atoms with Crippen LogP contribution < -0.4 is 10.6 Å². The second-order valence-electron chi connectivity index (χ2n) is 7.76. The lowest BCUT2D eigenvalue weighted by Crippen LogP contribution is -2.53. The summed E-state index contributed by atoms with van der Waals surface area (Å²) in [5, 5.41) is 12.2. The van der Waals surface area contributed by atoms with Gasteiger partial charge < -0.3 is 5.73 Å². The van der Waals surface area contributed by atoms with Gasteiger partial charge in [0.15, 0.2) is 11.2 Å². The number of anilines is 1. The number of allylic oxidation sites excluding steroid dienone is 4. The molecule has 0 saturated carbocycles. The van der Waals surface area contributed by atoms with Gasteiger partial charge in [0.05, 0.1) is 16.9 Å². The summed E-state index contributed by atoms with van der Waals surface area (Å²) in [6, 6.07) is 7.73.